The van der Waals surface area contributed by atoms with Crippen molar-refractivity contribution in [2.45, 2.75) is 22.4 Å². The van der Waals surface area contributed by atoms with E-state index in [0.717, 1.165) is 0 Å². The highest BCUT2D eigenvalue weighted by molar-refractivity contribution is 7.99. The maximum absolute atomic E-state index is 11.3. The SMILES string of the molecule is Cl.Nc1nc(S[C@H]2C[C@@](N)(C(=O)O)[C@@H]3[C@@H](C(=O)O)[C@@H]32)n[nH]1. The lowest BCUT2D eigenvalue weighted by Gasteiger charge is -2.23. The Labute approximate surface area is 129 Å². The molecule has 3 rings (SSSR count). The summed E-state index contributed by atoms with van der Waals surface area (Å²) in [5.74, 6) is -3.52. The average molecular weight is 336 g/mol. The van der Waals surface area contributed by atoms with Crippen LogP contribution >= 0.6 is 24.2 Å². The van der Waals surface area contributed by atoms with Crippen LogP contribution in [-0.2, 0) is 9.59 Å². The number of hydrogen-bond donors (Lipinski definition) is 5. The predicted molar refractivity (Wildman–Crippen MR) is 75.0 cm³/mol. The molecule has 0 aromatic carbocycles. The van der Waals surface area contributed by atoms with E-state index in [1.807, 2.05) is 0 Å². The van der Waals surface area contributed by atoms with Gasteiger partial charge >= 0.3 is 11.9 Å². The van der Waals surface area contributed by atoms with Crippen LogP contribution in [0.25, 0.3) is 0 Å². The summed E-state index contributed by atoms with van der Waals surface area (Å²) in [6.45, 7) is 0. The van der Waals surface area contributed by atoms with Crippen molar-refractivity contribution in [1.29, 1.82) is 0 Å². The molecule has 0 amide bonds. The van der Waals surface area contributed by atoms with Crippen LogP contribution in [0.4, 0.5) is 5.95 Å². The van der Waals surface area contributed by atoms with E-state index >= 15 is 0 Å². The Balaban J connectivity index is 0.00000161. The summed E-state index contributed by atoms with van der Waals surface area (Å²) in [5.41, 5.74) is 9.84. The second-order valence-corrected chi connectivity index (χ2v) is 6.38. The van der Waals surface area contributed by atoms with Crippen molar-refractivity contribution >= 4 is 42.1 Å². The minimum Gasteiger partial charge on any atom is -0.481 e. The monoisotopic (exact) mass is 335 g/mol. The number of nitrogens with two attached hydrogens (primary N) is 2. The molecule has 0 aliphatic heterocycles. The number of thioether (sulfide) groups is 1. The van der Waals surface area contributed by atoms with Crippen molar-refractivity contribution in [2.75, 3.05) is 5.73 Å². The number of carbonyl (C=O) groups is 2. The Kier molecular flexibility index (Phi) is 3.80. The van der Waals surface area contributed by atoms with Crippen LogP contribution in [0.2, 0.25) is 0 Å². The van der Waals surface area contributed by atoms with E-state index in [-0.39, 0.29) is 35.9 Å². The molecule has 2 aliphatic rings. The first-order chi connectivity index (χ1) is 9.34. The number of H-pyrrole nitrogens is 1. The van der Waals surface area contributed by atoms with Crippen LogP contribution in [0.3, 0.4) is 0 Å². The van der Waals surface area contributed by atoms with Gasteiger partial charge in [-0.25, -0.2) is 5.10 Å². The molecular weight excluding hydrogens is 322 g/mol. The second kappa shape index (κ2) is 5.04. The molecule has 0 saturated heterocycles. The van der Waals surface area contributed by atoms with Gasteiger partial charge in [-0.3, -0.25) is 9.59 Å². The Morgan fingerprint density at radius 1 is 1.43 bits per heavy atom. The van der Waals surface area contributed by atoms with Crippen molar-refractivity contribution in [2.24, 2.45) is 23.5 Å². The standard InChI is InChI=1S/C10H13N5O4S.ClH/c11-8-13-9(15-14-8)20-2-1-10(12,7(18)19)5-3(2)4(5)6(16)17;/h2-5H,1,12H2,(H,16,17)(H,18,19)(H3,11,13,14,15);1H/t2-,3-,4-,5-,10-;/m0./s1. The van der Waals surface area contributed by atoms with E-state index < -0.39 is 29.3 Å². The number of hydrogen-bond acceptors (Lipinski definition) is 7. The molecule has 2 saturated carbocycles. The zero-order chi connectivity index (χ0) is 14.7. The Hall–Kier alpha value is -1.52. The number of nitrogens with zero attached hydrogens (tertiary/aromatic N) is 2. The Morgan fingerprint density at radius 3 is 2.57 bits per heavy atom. The molecule has 2 fully saturated rings. The summed E-state index contributed by atoms with van der Waals surface area (Å²) in [6.07, 6.45) is 0.195. The van der Waals surface area contributed by atoms with E-state index in [1.54, 1.807) is 0 Å². The highest BCUT2D eigenvalue weighted by Crippen LogP contribution is 2.65. The van der Waals surface area contributed by atoms with Gasteiger partial charge in [-0.1, -0.05) is 11.8 Å². The molecule has 1 heterocycles. The molecule has 7 N–H and O–H groups in total. The van der Waals surface area contributed by atoms with Crippen molar-refractivity contribution in [3.05, 3.63) is 0 Å². The molecule has 21 heavy (non-hydrogen) atoms. The van der Waals surface area contributed by atoms with Crippen LogP contribution in [0.15, 0.2) is 5.16 Å². The molecule has 2 aliphatic carbocycles. The van der Waals surface area contributed by atoms with Crippen LogP contribution in [0.1, 0.15) is 6.42 Å². The summed E-state index contributed by atoms with van der Waals surface area (Å²) in [6, 6.07) is 0. The third-order valence-corrected chi connectivity index (χ3v) is 5.24. The number of rotatable bonds is 4. The average Bonchev–Trinajstić information content (AvgIpc) is 2.90. The number of aromatic amines is 1. The van der Waals surface area contributed by atoms with Crippen molar-refractivity contribution in [1.82, 2.24) is 15.2 Å². The normalized spacial score (nSPS) is 36.6. The van der Waals surface area contributed by atoms with Gasteiger partial charge in [-0.05, 0) is 12.3 Å². The molecule has 11 heteroatoms. The zero-order valence-corrected chi connectivity index (χ0v) is 12.2. The van der Waals surface area contributed by atoms with E-state index in [4.69, 9.17) is 16.6 Å². The number of halogens is 1. The van der Waals surface area contributed by atoms with Gasteiger partial charge in [0.05, 0.1) is 5.92 Å². The van der Waals surface area contributed by atoms with Gasteiger partial charge in [-0.2, -0.15) is 4.98 Å². The molecular formula is C10H14ClN5O4S. The van der Waals surface area contributed by atoms with Crippen molar-refractivity contribution in [3.63, 3.8) is 0 Å². The Bertz CT molecular complexity index is 598. The third kappa shape index (κ3) is 2.32. The number of aromatic nitrogens is 3. The maximum Gasteiger partial charge on any atom is 0.324 e. The summed E-state index contributed by atoms with van der Waals surface area (Å²) >= 11 is 1.22. The second-order valence-electron chi connectivity index (χ2n) is 5.18. The van der Waals surface area contributed by atoms with Gasteiger partial charge in [0.15, 0.2) is 0 Å². The highest BCUT2D eigenvalue weighted by Gasteiger charge is 2.74. The van der Waals surface area contributed by atoms with Gasteiger partial charge in [-0.15, -0.1) is 17.5 Å². The highest BCUT2D eigenvalue weighted by atomic mass is 35.5. The maximum atomic E-state index is 11.3. The van der Waals surface area contributed by atoms with Crippen LogP contribution in [0.5, 0.6) is 0 Å². The van der Waals surface area contributed by atoms with Gasteiger partial charge < -0.3 is 21.7 Å². The zero-order valence-electron chi connectivity index (χ0n) is 10.6. The summed E-state index contributed by atoms with van der Waals surface area (Å²) < 4.78 is 0. The molecule has 1 aromatic heterocycles. The van der Waals surface area contributed by atoms with Crippen LogP contribution < -0.4 is 11.5 Å². The minimum absolute atomic E-state index is 0. The van der Waals surface area contributed by atoms with Gasteiger partial charge in [0.25, 0.3) is 0 Å². The number of nitrogens with one attached hydrogen (secondary N) is 1. The molecule has 1 aromatic rings. The lowest BCUT2D eigenvalue weighted by atomic mass is 9.91. The smallest absolute Gasteiger partial charge is 0.324 e. The van der Waals surface area contributed by atoms with E-state index in [1.165, 1.54) is 11.8 Å². The fourth-order valence-corrected chi connectivity index (χ4v) is 4.56. The molecule has 0 spiro atoms. The number of nitrogen functional groups attached to an aromatic ring is 1. The lowest BCUT2D eigenvalue weighted by Crippen LogP contribution is -2.50. The van der Waals surface area contributed by atoms with Gasteiger partial charge in [0.1, 0.15) is 5.54 Å². The quantitative estimate of drug-likeness (QED) is 0.482. The van der Waals surface area contributed by atoms with Crippen LogP contribution in [-0.4, -0.2) is 48.1 Å². The first-order valence-corrected chi connectivity index (χ1v) is 6.82. The topological polar surface area (TPSA) is 168 Å². The number of carboxylic acid groups (broad SMARTS) is 2. The molecule has 0 unspecified atom stereocenters. The summed E-state index contributed by atoms with van der Waals surface area (Å²) in [7, 11) is 0. The van der Waals surface area contributed by atoms with E-state index in [0.29, 0.717) is 5.16 Å². The molecule has 0 bridgehead atoms. The molecule has 9 nitrogen and oxygen atoms in total. The first-order valence-electron chi connectivity index (χ1n) is 5.94. The number of fused-ring (bicyclic) bond motifs is 1. The van der Waals surface area contributed by atoms with E-state index in [9.17, 15) is 14.7 Å². The fraction of sp³-hybridized carbons (Fsp3) is 0.600. The third-order valence-electron chi connectivity index (χ3n) is 4.06. The molecule has 0 radical (unpaired) electrons. The number of aliphatic carboxylic acids is 2. The molecule has 5 atom stereocenters. The first kappa shape index (κ1) is 15.9. The summed E-state index contributed by atoms with van der Waals surface area (Å²) in [5, 5.41) is 24.9. The number of carboxylic acids is 2. The fourth-order valence-electron chi connectivity index (χ4n) is 3.18. The largest absolute Gasteiger partial charge is 0.481 e. The van der Waals surface area contributed by atoms with Crippen LogP contribution in [0, 0.1) is 17.8 Å². The van der Waals surface area contributed by atoms with Crippen molar-refractivity contribution < 1.29 is 19.8 Å². The summed E-state index contributed by atoms with van der Waals surface area (Å²) in [4.78, 5) is 26.4. The lowest BCUT2D eigenvalue weighted by molar-refractivity contribution is -0.145. The van der Waals surface area contributed by atoms with Gasteiger partial charge in [0, 0.05) is 11.2 Å². The minimum atomic E-state index is -1.49. The Morgan fingerprint density at radius 2 is 2.10 bits per heavy atom. The van der Waals surface area contributed by atoms with E-state index in [2.05, 4.69) is 15.2 Å². The van der Waals surface area contributed by atoms with Crippen molar-refractivity contribution in [3.8, 4) is 0 Å². The molecule has 116 valence electrons. The number of anilines is 1. The predicted octanol–water partition coefficient (Wildman–Crippen LogP) is -0.598. The van der Waals surface area contributed by atoms with Gasteiger partial charge in [0.2, 0.25) is 11.1 Å².